The van der Waals surface area contributed by atoms with Crippen LogP contribution in [0.2, 0.25) is 0 Å². The maximum atomic E-state index is 12.4. The average Bonchev–Trinajstić information content (AvgIpc) is 2.97. The maximum absolute atomic E-state index is 12.4. The largest absolute Gasteiger partial charge is 0.465 e. The first kappa shape index (κ1) is 19.0. The smallest absolute Gasteiger partial charge is 0.341 e. The highest BCUT2D eigenvalue weighted by molar-refractivity contribution is 7.89. The molecule has 0 amide bonds. The molecule has 0 radical (unpaired) electrons. The summed E-state index contributed by atoms with van der Waals surface area (Å²) in [6.07, 6.45) is 2.54. The lowest BCUT2D eigenvalue weighted by Crippen LogP contribution is -2.42. The Morgan fingerprint density at radius 3 is 2.55 bits per heavy atom. The minimum Gasteiger partial charge on any atom is -0.465 e. The van der Waals surface area contributed by atoms with Crippen molar-refractivity contribution >= 4 is 28.4 Å². The predicted molar refractivity (Wildman–Crippen MR) is 82.4 cm³/mol. The van der Waals surface area contributed by atoms with Crippen molar-refractivity contribution in [2.45, 2.75) is 30.9 Å². The number of ether oxygens (including phenoxy) is 1. The van der Waals surface area contributed by atoms with E-state index in [-0.39, 0.29) is 29.1 Å². The van der Waals surface area contributed by atoms with Crippen LogP contribution in [0.5, 0.6) is 0 Å². The molecule has 1 unspecified atom stereocenters. The van der Waals surface area contributed by atoms with Crippen LogP contribution in [0.25, 0.3) is 0 Å². The Morgan fingerprint density at radius 1 is 1.45 bits per heavy atom. The van der Waals surface area contributed by atoms with Gasteiger partial charge in [-0.1, -0.05) is 0 Å². The van der Waals surface area contributed by atoms with E-state index < -0.39 is 16.0 Å². The second-order valence-corrected chi connectivity index (χ2v) is 7.12. The summed E-state index contributed by atoms with van der Waals surface area (Å²) >= 11 is 0. The van der Waals surface area contributed by atoms with Gasteiger partial charge in [-0.25, -0.2) is 13.2 Å². The summed E-state index contributed by atoms with van der Waals surface area (Å²) in [5, 5.41) is -0.234. The minimum atomic E-state index is -3.71. The normalized spacial score (nSPS) is 18.5. The van der Waals surface area contributed by atoms with Crippen molar-refractivity contribution in [3.8, 4) is 0 Å². The Kier molecular flexibility index (Phi) is 6.42. The lowest BCUT2D eigenvalue weighted by atomic mass is 9.92. The lowest BCUT2D eigenvalue weighted by molar-refractivity contribution is 0.0600. The third-order valence-electron chi connectivity index (χ3n) is 3.83. The van der Waals surface area contributed by atoms with Crippen molar-refractivity contribution in [3.05, 3.63) is 17.9 Å². The van der Waals surface area contributed by atoms with E-state index in [0.717, 1.165) is 19.1 Å². The van der Waals surface area contributed by atoms with E-state index in [9.17, 15) is 13.2 Å². The molecule has 1 fully saturated rings. The van der Waals surface area contributed by atoms with Gasteiger partial charge >= 0.3 is 5.97 Å². The predicted octanol–water partition coefficient (Wildman–Crippen LogP) is 1.24. The monoisotopic (exact) mass is 352 g/mol. The van der Waals surface area contributed by atoms with Gasteiger partial charge in [0.15, 0.2) is 0 Å². The molecule has 1 aliphatic rings. The molecule has 0 aliphatic carbocycles. The fraction of sp³-hybridized carbons (Fsp3) is 0.615. The SMILES string of the molecule is COC(=O)c1coc(S(=O)(=O)N2CCC(C(C)N)CC2)c1.Cl. The van der Waals surface area contributed by atoms with E-state index in [1.54, 1.807) is 0 Å². The van der Waals surface area contributed by atoms with Crippen molar-refractivity contribution in [3.63, 3.8) is 0 Å². The zero-order chi connectivity index (χ0) is 15.6. The number of hydrogen-bond donors (Lipinski definition) is 1. The standard InChI is InChI=1S/C13H20N2O5S.ClH/c1-9(14)10-3-5-15(6-4-10)21(17,18)12-7-11(8-20-12)13(16)19-2;/h7-10H,3-6,14H2,1-2H3;1H. The summed E-state index contributed by atoms with van der Waals surface area (Å²) in [6.45, 7) is 2.75. The molecular weight excluding hydrogens is 332 g/mol. The van der Waals surface area contributed by atoms with E-state index in [0.29, 0.717) is 19.0 Å². The third-order valence-corrected chi connectivity index (χ3v) is 5.60. The van der Waals surface area contributed by atoms with Crippen molar-refractivity contribution < 1.29 is 22.4 Å². The number of nitrogens with two attached hydrogens (primary N) is 1. The van der Waals surface area contributed by atoms with Gasteiger partial charge in [0, 0.05) is 25.2 Å². The molecule has 2 rings (SSSR count). The molecule has 0 bridgehead atoms. The number of methoxy groups -OCH3 is 1. The van der Waals surface area contributed by atoms with Gasteiger partial charge in [-0.15, -0.1) is 12.4 Å². The Morgan fingerprint density at radius 2 is 2.05 bits per heavy atom. The first-order valence-corrected chi connectivity index (χ1v) is 8.23. The summed E-state index contributed by atoms with van der Waals surface area (Å²) in [5.41, 5.74) is 5.93. The number of rotatable bonds is 4. The van der Waals surface area contributed by atoms with Crippen LogP contribution in [0.3, 0.4) is 0 Å². The van der Waals surface area contributed by atoms with Crippen LogP contribution in [0.4, 0.5) is 0 Å². The summed E-state index contributed by atoms with van der Waals surface area (Å²) in [4.78, 5) is 11.3. The van der Waals surface area contributed by atoms with Gasteiger partial charge in [0.2, 0.25) is 5.09 Å². The Bertz CT molecular complexity index is 606. The zero-order valence-corrected chi connectivity index (χ0v) is 14.2. The van der Waals surface area contributed by atoms with Gasteiger partial charge < -0.3 is 14.9 Å². The number of esters is 1. The molecule has 1 aromatic heterocycles. The number of nitrogens with zero attached hydrogens (tertiary/aromatic N) is 1. The van der Waals surface area contributed by atoms with E-state index in [1.807, 2.05) is 6.92 Å². The fourth-order valence-corrected chi connectivity index (χ4v) is 3.84. The minimum absolute atomic E-state index is 0. The maximum Gasteiger partial charge on any atom is 0.341 e. The molecule has 1 saturated heterocycles. The highest BCUT2D eigenvalue weighted by Gasteiger charge is 2.33. The van der Waals surface area contributed by atoms with Crippen LogP contribution in [-0.2, 0) is 14.8 Å². The molecule has 22 heavy (non-hydrogen) atoms. The van der Waals surface area contributed by atoms with Crippen molar-refractivity contribution in [1.82, 2.24) is 4.31 Å². The van der Waals surface area contributed by atoms with Gasteiger partial charge in [-0.2, -0.15) is 4.31 Å². The molecular formula is C13H21ClN2O5S. The van der Waals surface area contributed by atoms with Crippen LogP contribution >= 0.6 is 12.4 Å². The zero-order valence-electron chi connectivity index (χ0n) is 12.5. The van der Waals surface area contributed by atoms with Crippen LogP contribution in [-0.4, -0.2) is 44.9 Å². The van der Waals surface area contributed by atoms with Gasteiger partial charge in [0.05, 0.1) is 12.7 Å². The Hall–Kier alpha value is -1.09. The molecule has 1 aromatic rings. The average molecular weight is 353 g/mol. The summed E-state index contributed by atoms with van der Waals surface area (Å²) in [5.74, 6) is -0.297. The molecule has 1 aliphatic heterocycles. The third kappa shape index (κ3) is 3.81. The number of piperidine rings is 1. The van der Waals surface area contributed by atoms with Crippen LogP contribution in [0.1, 0.15) is 30.1 Å². The molecule has 1 atom stereocenters. The van der Waals surface area contributed by atoms with Crippen molar-refractivity contribution in [2.24, 2.45) is 11.7 Å². The number of halogens is 1. The molecule has 0 spiro atoms. The number of furan rings is 1. The van der Waals surface area contributed by atoms with Gasteiger partial charge in [-0.3, -0.25) is 0 Å². The van der Waals surface area contributed by atoms with E-state index >= 15 is 0 Å². The van der Waals surface area contributed by atoms with Gasteiger partial charge in [-0.05, 0) is 25.7 Å². The Balaban J connectivity index is 0.00000242. The highest BCUT2D eigenvalue weighted by atomic mass is 35.5. The number of hydrogen-bond acceptors (Lipinski definition) is 6. The molecule has 0 aromatic carbocycles. The number of carbonyl (C=O) groups excluding carboxylic acids is 1. The highest BCUT2D eigenvalue weighted by Crippen LogP contribution is 2.26. The second kappa shape index (κ2) is 7.45. The van der Waals surface area contributed by atoms with E-state index in [4.69, 9.17) is 10.2 Å². The molecule has 2 N–H and O–H groups in total. The Labute approximate surface area is 136 Å². The van der Waals surface area contributed by atoms with E-state index in [1.165, 1.54) is 17.5 Å². The summed E-state index contributed by atoms with van der Waals surface area (Å²) < 4.78 is 35.8. The molecule has 2 heterocycles. The molecule has 126 valence electrons. The van der Waals surface area contributed by atoms with Gasteiger partial charge in [0.25, 0.3) is 10.0 Å². The molecule has 0 saturated carbocycles. The summed E-state index contributed by atoms with van der Waals surface area (Å²) in [7, 11) is -2.49. The number of carbonyl (C=O) groups is 1. The van der Waals surface area contributed by atoms with Crippen LogP contribution < -0.4 is 5.73 Å². The van der Waals surface area contributed by atoms with Crippen molar-refractivity contribution in [2.75, 3.05) is 20.2 Å². The van der Waals surface area contributed by atoms with E-state index in [2.05, 4.69) is 4.74 Å². The number of sulfonamides is 1. The summed E-state index contributed by atoms with van der Waals surface area (Å²) in [6, 6.07) is 1.25. The quantitative estimate of drug-likeness (QED) is 0.818. The first-order valence-electron chi connectivity index (χ1n) is 6.79. The lowest BCUT2D eigenvalue weighted by Gasteiger charge is -2.32. The van der Waals surface area contributed by atoms with Crippen molar-refractivity contribution in [1.29, 1.82) is 0 Å². The topological polar surface area (TPSA) is 103 Å². The second-order valence-electron chi connectivity index (χ2n) is 5.25. The first-order chi connectivity index (χ1) is 9.86. The molecule has 7 nitrogen and oxygen atoms in total. The van der Waals surface area contributed by atoms with Crippen LogP contribution in [0.15, 0.2) is 21.8 Å². The van der Waals surface area contributed by atoms with Crippen LogP contribution in [0, 0.1) is 5.92 Å². The fourth-order valence-electron chi connectivity index (χ4n) is 2.45. The van der Waals surface area contributed by atoms with Gasteiger partial charge in [0.1, 0.15) is 6.26 Å². The molecule has 9 heteroatoms.